The lowest BCUT2D eigenvalue weighted by Gasteiger charge is -2.10. The molecule has 0 spiro atoms. The largest absolute Gasteiger partial charge is 0.478 e. The van der Waals surface area contributed by atoms with Gasteiger partial charge in [-0.3, -0.25) is 9.59 Å². The highest BCUT2D eigenvalue weighted by Gasteiger charge is 2.26. The van der Waals surface area contributed by atoms with Crippen molar-refractivity contribution in [1.29, 1.82) is 0 Å². The maximum absolute atomic E-state index is 11.7. The Balaban J connectivity index is 1.76. The number of carbonyl (C=O) groups excluding carboxylic acids is 2. The predicted octanol–water partition coefficient (Wildman–Crippen LogP) is 0.322. The van der Waals surface area contributed by atoms with Gasteiger partial charge in [-0.15, -0.1) is 0 Å². The van der Waals surface area contributed by atoms with E-state index >= 15 is 0 Å². The molecule has 20 heavy (non-hydrogen) atoms. The Morgan fingerprint density at radius 3 is 2.55 bits per heavy atom. The summed E-state index contributed by atoms with van der Waals surface area (Å²) in [5.74, 6) is -1.21. The highest BCUT2D eigenvalue weighted by Crippen LogP contribution is 2.07. The zero-order chi connectivity index (χ0) is 14.5. The molecule has 1 atom stereocenters. The molecule has 2 rings (SSSR count). The molecule has 106 valence electrons. The van der Waals surface area contributed by atoms with Crippen molar-refractivity contribution >= 4 is 17.8 Å². The van der Waals surface area contributed by atoms with E-state index in [0.717, 1.165) is 5.56 Å². The Labute approximate surface area is 116 Å². The lowest BCUT2D eigenvalue weighted by molar-refractivity contribution is -0.125. The molecular weight excluding hydrogens is 260 g/mol. The van der Waals surface area contributed by atoms with Gasteiger partial charge in [-0.05, 0) is 30.5 Å². The van der Waals surface area contributed by atoms with Gasteiger partial charge in [0, 0.05) is 13.0 Å². The van der Waals surface area contributed by atoms with E-state index in [0.29, 0.717) is 25.8 Å². The van der Waals surface area contributed by atoms with Gasteiger partial charge in [0.2, 0.25) is 11.8 Å². The minimum absolute atomic E-state index is 0.0885. The zero-order valence-electron chi connectivity index (χ0n) is 10.9. The van der Waals surface area contributed by atoms with Crippen LogP contribution in [0, 0.1) is 0 Å². The molecule has 6 heteroatoms. The van der Waals surface area contributed by atoms with Gasteiger partial charge in [0.05, 0.1) is 5.56 Å². The lowest BCUT2D eigenvalue weighted by Crippen LogP contribution is -2.42. The molecule has 1 aliphatic rings. The fourth-order valence-electron chi connectivity index (χ4n) is 2.08. The minimum atomic E-state index is -0.957. The monoisotopic (exact) mass is 276 g/mol. The molecule has 3 N–H and O–H groups in total. The molecule has 2 amide bonds. The van der Waals surface area contributed by atoms with Crippen molar-refractivity contribution in [1.82, 2.24) is 10.6 Å². The van der Waals surface area contributed by atoms with E-state index < -0.39 is 12.0 Å². The van der Waals surface area contributed by atoms with Crippen molar-refractivity contribution in [3.8, 4) is 0 Å². The van der Waals surface area contributed by atoms with E-state index in [4.69, 9.17) is 5.11 Å². The molecule has 1 aromatic carbocycles. The Hall–Kier alpha value is -2.37. The first-order chi connectivity index (χ1) is 9.56. The molecule has 1 saturated heterocycles. The summed E-state index contributed by atoms with van der Waals surface area (Å²) in [7, 11) is 0. The summed E-state index contributed by atoms with van der Waals surface area (Å²) in [5, 5.41) is 14.1. The third-order valence-electron chi connectivity index (χ3n) is 3.23. The van der Waals surface area contributed by atoms with Crippen molar-refractivity contribution < 1.29 is 19.5 Å². The standard InChI is InChI=1S/C14H16N2O4/c17-12-6-5-11(16-12)13(18)15-8-7-9-1-3-10(4-2-9)14(19)20/h1-4,11H,5-8H2,(H,15,18)(H,16,17)(H,19,20). The van der Waals surface area contributed by atoms with Crippen LogP contribution >= 0.6 is 0 Å². The highest BCUT2D eigenvalue weighted by molar-refractivity contribution is 5.90. The van der Waals surface area contributed by atoms with Crippen molar-refractivity contribution in [3.63, 3.8) is 0 Å². The maximum Gasteiger partial charge on any atom is 0.335 e. The molecule has 1 fully saturated rings. The number of carbonyl (C=O) groups is 3. The molecule has 1 heterocycles. The second-order valence-electron chi connectivity index (χ2n) is 4.70. The summed E-state index contributed by atoms with van der Waals surface area (Å²) in [5.41, 5.74) is 1.19. The average Bonchev–Trinajstić information content (AvgIpc) is 2.86. The maximum atomic E-state index is 11.7. The third kappa shape index (κ3) is 3.57. The van der Waals surface area contributed by atoms with Gasteiger partial charge in [0.25, 0.3) is 0 Å². The molecule has 1 aromatic rings. The number of hydrogen-bond donors (Lipinski definition) is 3. The Morgan fingerprint density at radius 2 is 2.00 bits per heavy atom. The van der Waals surface area contributed by atoms with Crippen LogP contribution in [-0.2, 0) is 16.0 Å². The number of carboxylic acid groups (broad SMARTS) is 1. The van der Waals surface area contributed by atoms with Gasteiger partial charge in [-0.1, -0.05) is 12.1 Å². The summed E-state index contributed by atoms with van der Waals surface area (Å²) in [6.45, 7) is 0.456. The normalized spacial score (nSPS) is 17.6. The van der Waals surface area contributed by atoms with E-state index in [1.165, 1.54) is 12.1 Å². The number of hydrogen-bond acceptors (Lipinski definition) is 3. The van der Waals surface area contributed by atoms with Gasteiger partial charge in [-0.25, -0.2) is 4.79 Å². The van der Waals surface area contributed by atoms with Crippen LogP contribution in [0.25, 0.3) is 0 Å². The van der Waals surface area contributed by atoms with Crippen LogP contribution in [0.1, 0.15) is 28.8 Å². The molecule has 0 radical (unpaired) electrons. The van der Waals surface area contributed by atoms with Crippen LogP contribution in [0.3, 0.4) is 0 Å². The first-order valence-electron chi connectivity index (χ1n) is 6.45. The van der Waals surface area contributed by atoms with E-state index in [-0.39, 0.29) is 17.4 Å². The Kier molecular flexibility index (Phi) is 4.34. The molecule has 6 nitrogen and oxygen atoms in total. The van der Waals surface area contributed by atoms with Gasteiger partial charge in [-0.2, -0.15) is 0 Å². The number of amides is 2. The van der Waals surface area contributed by atoms with Crippen molar-refractivity contribution in [2.45, 2.75) is 25.3 Å². The third-order valence-corrected chi connectivity index (χ3v) is 3.23. The number of aromatic carboxylic acids is 1. The van der Waals surface area contributed by atoms with Crippen LogP contribution in [0.4, 0.5) is 0 Å². The zero-order valence-corrected chi connectivity index (χ0v) is 10.9. The predicted molar refractivity (Wildman–Crippen MR) is 71.3 cm³/mol. The summed E-state index contributed by atoms with van der Waals surface area (Å²) in [6.07, 6.45) is 1.55. The fourth-order valence-corrected chi connectivity index (χ4v) is 2.08. The number of carboxylic acids is 1. The number of nitrogens with one attached hydrogen (secondary N) is 2. The van der Waals surface area contributed by atoms with Gasteiger partial charge in [0.15, 0.2) is 0 Å². The van der Waals surface area contributed by atoms with Crippen LogP contribution in [0.15, 0.2) is 24.3 Å². The van der Waals surface area contributed by atoms with Gasteiger partial charge in [0.1, 0.15) is 6.04 Å². The Morgan fingerprint density at radius 1 is 1.30 bits per heavy atom. The molecule has 0 aliphatic carbocycles. The summed E-state index contributed by atoms with van der Waals surface area (Å²) < 4.78 is 0. The first-order valence-corrected chi connectivity index (χ1v) is 6.45. The highest BCUT2D eigenvalue weighted by atomic mass is 16.4. The lowest BCUT2D eigenvalue weighted by atomic mass is 10.1. The second-order valence-corrected chi connectivity index (χ2v) is 4.70. The van der Waals surface area contributed by atoms with Crippen molar-refractivity contribution in [2.24, 2.45) is 0 Å². The molecule has 1 unspecified atom stereocenters. The van der Waals surface area contributed by atoms with Crippen LogP contribution < -0.4 is 10.6 Å². The van der Waals surface area contributed by atoms with E-state index in [1.54, 1.807) is 12.1 Å². The number of benzene rings is 1. The fraction of sp³-hybridized carbons (Fsp3) is 0.357. The first kappa shape index (κ1) is 14.0. The molecule has 0 bridgehead atoms. The SMILES string of the molecule is O=C1CCC(C(=O)NCCc2ccc(C(=O)O)cc2)N1. The minimum Gasteiger partial charge on any atom is -0.478 e. The summed E-state index contributed by atoms with van der Waals surface area (Å²) >= 11 is 0. The molecular formula is C14H16N2O4. The van der Waals surface area contributed by atoms with E-state index in [2.05, 4.69) is 10.6 Å². The topological polar surface area (TPSA) is 95.5 Å². The smallest absolute Gasteiger partial charge is 0.335 e. The van der Waals surface area contributed by atoms with Crippen molar-refractivity contribution in [3.05, 3.63) is 35.4 Å². The molecule has 1 aliphatic heterocycles. The molecule has 0 saturated carbocycles. The van der Waals surface area contributed by atoms with E-state index in [9.17, 15) is 14.4 Å². The summed E-state index contributed by atoms with van der Waals surface area (Å²) in [4.78, 5) is 33.4. The molecule has 0 aromatic heterocycles. The average molecular weight is 276 g/mol. The summed E-state index contributed by atoms with van der Waals surface area (Å²) in [6, 6.07) is 6.12. The van der Waals surface area contributed by atoms with Crippen LogP contribution in [0.2, 0.25) is 0 Å². The Bertz CT molecular complexity index is 524. The van der Waals surface area contributed by atoms with Crippen molar-refractivity contribution in [2.75, 3.05) is 6.54 Å². The van der Waals surface area contributed by atoms with E-state index in [1.807, 2.05) is 0 Å². The van der Waals surface area contributed by atoms with Gasteiger partial charge < -0.3 is 15.7 Å². The van der Waals surface area contributed by atoms with Gasteiger partial charge >= 0.3 is 5.97 Å². The van der Waals surface area contributed by atoms with Crippen LogP contribution in [-0.4, -0.2) is 35.5 Å². The number of rotatable bonds is 5. The van der Waals surface area contributed by atoms with Crippen LogP contribution in [0.5, 0.6) is 0 Å². The second kappa shape index (κ2) is 6.18. The quantitative estimate of drug-likeness (QED) is 0.722.